The number of rotatable bonds is 4. The maximum absolute atomic E-state index is 12.6. The van der Waals surface area contributed by atoms with E-state index in [0.29, 0.717) is 11.6 Å². The van der Waals surface area contributed by atoms with Gasteiger partial charge in [-0.3, -0.25) is 5.10 Å². The molecule has 1 aromatic heterocycles. The van der Waals surface area contributed by atoms with Crippen LogP contribution in [0.25, 0.3) is 0 Å². The number of aryl methyl sites for hydroxylation is 1. The molecular weight excluding hydrogens is 225 g/mol. The molecule has 0 saturated carbocycles. The van der Waals surface area contributed by atoms with Gasteiger partial charge >= 0.3 is 0 Å². The molecule has 0 unspecified atom stereocenters. The quantitative estimate of drug-likeness (QED) is 0.826. The summed E-state index contributed by atoms with van der Waals surface area (Å²) in [5.74, 6) is 0.802. The molecule has 0 spiro atoms. The molecule has 0 bridgehead atoms. The zero-order valence-electron chi connectivity index (χ0n) is 9.11. The minimum Gasteiger partial charge on any atom is -0.438 e. The van der Waals surface area contributed by atoms with Gasteiger partial charge in [0.1, 0.15) is 18.1 Å². The zero-order valence-corrected chi connectivity index (χ0v) is 9.11. The highest BCUT2D eigenvalue weighted by molar-refractivity contribution is 5.49. The first kappa shape index (κ1) is 11.3. The van der Waals surface area contributed by atoms with E-state index >= 15 is 0 Å². The molecule has 0 aliphatic carbocycles. The number of H-pyrrole nitrogens is 1. The molecule has 1 heterocycles. The number of nitrogens with one attached hydrogen (secondary N) is 1. The Morgan fingerprint density at radius 1 is 1.47 bits per heavy atom. The average Bonchev–Trinajstić information content (AvgIpc) is 2.74. The number of alkyl halides is 1. The monoisotopic (exact) mass is 235 g/mol. The lowest BCUT2D eigenvalue weighted by Gasteiger charge is -2.04. The number of ether oxygens (including phenoxy) is 1. The van der Waals surface area contributed by atoms with Gasteiger partial charge in [0.05, 0.1) is 0 Å². The number of aromatic amines is 1. The van der Waals surface area contributed by atoms with Crippen molar-refractivity contribution in [2.45, 2.75) is 13.6 Å². The molecule has 5 nitrogen and oxygen atoms in total. The highest BCUT2D eigenvalue weighted by Gasteiger charge is 2.07. The Labute approximate surface area is 96.6 Å². The van der Waals surface area contributed by atoms with Gasteiger partial charge in [-0.2, -0.15) is 0 Å². The maximum atomic E-state index is 12.6. The SMILES string of the molecule is Cc1cc(Oc2ccc(N=O)c(CF)c2)n[nH]1. The third-order valence-corrected chi connectivity index (χ3v) is 2.20. The van der Waals surface area contributed by atoms with Crippen molar-refractivity contribution < 1.29 is 9.13 Å². The molecule has 0 radical (unpaired) electrons. The van der Waals surface area contributed by atoms with Crippen molar-refractivity contribution in [3.8, 4) is 11.6 Å². The van der Waals surface area contributed by atoms with Crippen LogP contribution in [0.2, 0.25) is 0 Å². The highest BCUT2D eigenvalue weighted by Crippen LogP contribution is 2.27. The van der Waals surface area contributed by atoms with E-state index < -0.39 is 6.67 Å². The molecule has 17 heavy (non-hydrogen) atoms. The lowest BCUT2D eigenvalue weighted by molar-refractivity contribution is 0.454. The molecule has 2 rings (SSSR count). The van der Waals surface area contributed by atoms with Crippen molar-refractivity contribution in [1.29, 1.82) is 0 Å². The van der Waals surface area contributed by atoms with Crippen LogP contribution in [0.1, 0.15) is 11.3 Å². The molecule has 0 saturated heterocycles. The third-order valence-electron chi connectivity index (χ3n) is 2.20. The van der Waals surface area contributed by atoms with Crippen LogP contribution >= 0.6 is 0 Å². The van der Waals surface area contributed by atoms with Gasteiger partial charge in [0.25, 0.3) is 0 Å². The number of benzene rings is 1. The predicted octanol–water partition coefficient (Wildman–Crippen LogP) is 3.38. The normalized spacial score (nSPS) is 10.2. The van der Waals surface area contributed by atoms with Crippen molar-refractivity contribution in [2.24, 2.45) is 5.18 Å². The number of nitroso groups, excluding NO2 is 1. The lowest BCUT2D eigenvalue weighted by Crippen LogP contribution is -1.87. The number of hydrogen-bond donors (Lipinski definition) is 1. The molecular formula is C11H10FN3O2. The van der Waals surface area contributed by atoms with Gasteiger partial charge < -0.3 is 4.74 Å². The Bertz CT molecular complexity index is 539. The van der Waals surface area contributed by atoms with Crippen molar-refractivity contribution in [3.05, 3.63) is 40.4 Å². The van der Waals surface area contributed by atoms with Gasteiger partial charge in [0, 0.05) is 17.3 Å². The van der Waals surface area contributed by atoms with E-state index in [0.717, 1.165) is 5.69 Å². The van der Waals surface area contributed by atoms with Crippen LogP contribution in [-0.2, 0) is 6.67 Å². The molecule has 2 aromatic rings. The molecule has 88 valence electrons. The van der Waals surface area contributed by atoms with Gasteiger partial charge in [-0.15, -0.1) is 10.0 Å². The van der Waals surface area contributed by atoms with Gasteiger partial charge in [-0.1, -0.05) is 0 Å². The first-order valence-corrected chi connectivity index (χ1v) is 4.95. The van der Waals surface area contributed by atoms with Crippen LogP contribution in [0.4, 0.5) is 10.1 Å². The summed E-state index contributed by atoms with van der Waals surface area (Å²) in [4.78, 5) is 10.4. The summed E-state index contributed by atoms with van der Waals surface area (Å²) < 4.78 is 18.0. The first-order valence-electron chi connectivity index (χ1n) is 4.95. The van der Waals surface area contributed by atoms with Crippen LogP contribution in [0.5, 0.6) is 11.6 Å². The van der Waals surface area contributed by atoms with Crippen molar-refractivity contribution in [3.63, 3.8) is 0 Å². The fourth-order valence-electron chi connectivity index (χ4n) is 1.39. The standard InChI is InChI=1S/C11H10FN3O2/c1-7-4-11(14-13-7)17-9-2-3-10(15-16)8(5-9)6-12/h2-5H,6H2,1H3,(H,13,14). The fraction of sp³-hybridized carbons (Fsp3) is 0.182. The van der Waals surface area contributed by atoms with E-state index in [1.54, 1.807) is 12.1 Å². The van der Waals surface area contributed by atoms with Gasteiger partial charge in [-0.05, 0) is 30.3 Å². The van der Waals surface area contributed by atoms with Gasteiger partial charge in [0.15, 0.2) is 0 Å². The lowest BCUT2D eigenvalue weighted by atomic mass is 10.2. The summed E-state index contributed by atoms with van der Waals surface area (Å²) >= 11 is 0. The fourth-order valence-corrected chi connectivity index (χ4v) is 1.39. The Balaban J connectivity index is 2.24. The van der Waals surface area contributed by atoms with E-state index in [2.05, 4.69) is 15.4 Å². The second-order valence-electron chi connectivity index (χ2n) is 3.51. The van der Waals surface area contributed by atoms with Crippen molar-refractivity contribution in [1.82, 2.24) is 10.2 Å². The Morgan fingerprint density at radius 2 is 2.29 bits per heavy atom. The molecule has 1 N–H and O–H groups in total. The zero-order chi connectivity index (χ0) is 12.3. The Morgan fingerprint density at radius 3 is 2.88 bits per heavy atom. The number of hydrogen-bond acceptors (Lipinski definition) is 4. The average molecular weight is 235 g/mol. The summed E-state index contributed by atoms with van der Waals surface area (Å²) in [7, 11) is 0. The Hall–Kier alpha value is -2.24. The van der Waals surface area contributed by atoms with E-state index in [1.165, 1.54) is 12.1 Å². The van der Waals surface area contributed by atoms with E-state index in [4.69, 9.17) is 4.74 Å². The molecule has 1 aromatic carbocycles. The molecule has 0 aliphatic rings. The molecule has 0 amide bonds. The molecule has 0 aliphatic heterocycles. The molecule has 0 atom stereocenters. The summed E-state index contributed by atoms with van der Waals surface area (Å²) in [6.07, 6.45) is 0. The predicted molar refractivity (Wildman–Crippen MR) is 60.1 cm³/mol. The highest BCUT2D eigenvalue weighted by atomic mass is 19.1. The first-order chi connectivity index (χ1) is 8.22. The molecule has 0 fully saturated rings. The summed E-state index contributed by atoms with van der Waals surface area (Å²) in [6, 6.07) is 6.10. The van der Waals surface area contributed by atoms with E-state index in [9.17, 15) is 9.30 Å². The van der Waals surface area contributed by atoms with Crippen LogP contribution < -0.4 is 4.74 Å². The summed E-state index contributed by atoms with van der Waals surface area (Å²) in [5.41, 5.74) is 1.14. The number of halogens is 1. The van der Waals surface area contributed by atoms with E-state index in [1.807, 2.05) is 6.92 Å². The van der Waals surface area contributed by atoms with Crippen LogP contribution in [0.3, 0.4) is 0 Å². The minimum absolute atomic E-state index is 0.0815. The van der Waals surface area contributed by atoms with Crippen molar-refractivity contribution in [2.75, 3.05) is 0 Å². The smallest absolute Gasteiger partial charge is 0.238 e. The van der Waals surface area contributed by atoms with Crippen molar-refractivity contribution >= 4 is 5.69 Å². The van der Waals surface area contributed by atoms with Gasteiger partial charge in [-0.25, -0.2) is 4.39 Å². The summed E-state index contributed by atoms with van der Waals surface area (Å²) in [5, 5.41) is 9.33. The second-order valence-corrected chi connectivity index (χ2v) is 3.51. The Kier molecular flexibility index (Phi) is 3.13. The largest absolute Gasteiger partial charge is 0.438 e. The van der Waals surface area contributed by atoms with E-state index in [-0.39, 0.29) is 11.3 Å². The molecule has 6 heteroatoms. The van der Waals surface area contributed by atoms with Crippen LogP contribution in [-0.4, -0.2) is 10.2 Å². The van der Waals surface area contributed by atoms with Crippen LogP contribution in [0.15, 0.2) is 29.4 Å². The van der Waals surface area contributed by atoms with Crippen LogP contribution in [0, 0.1) is 11.8 Å². The van der Waals surface area contributed by atoms with Gasteiger partial charge in [0.2, 0.25) is 5.88 Å². The summed E-state index contributed by atoms with van der Waals surface area (Å²) in [6.45, 7) is 1.07. The number of nitrogens with zero attached hydrogens (tertiary/aromatic N) is 2. The second kappa shape index (κ2) is 4.73. The maximum Gasteiger partial charge on any atom is 0.238 e. The number of aromatic nitrogens is 2. The third kappa shape index (κ3) is 2.47. The minimum atomic E-state index is -0.766. The topological polar surface area (TPSA) is 67.3 Å².